The van der Waals surface area contributed by atoms with Gasteiger partial charge in [-0.05, 0) is 62.4 Å². The van der Waals surface area contributed by atoms with Crippen LogP contribution in [-0.4, -0.2) is 60.3 Å². The summed E-state index contributed by atoms with van der Waals surface area (Å²) in [5.41, 5.74) is 2.12. The van der Waals surface area contributed by atoms with Gasteiger partial charge in [-0.3, -0.25) is 14.4 Å². The molecule has 0 aliphatic carbocycles. The summed E-state index contributed by atoms with van der Waals surface area (Å²) in [6.45, 7) is 5.63. The number of likely N-dealkylation sites (tertiary alicyclic amines) is 1. The second kappa shape index (κ2) is 10.9. The van der Waals surface area contributed by atoms with Gasteiger partial charge in [-0.1, -0.05) is 24.3 Å². The summed E-state index contributed by atoms with van der Waals surface area (Å²) >= 11 is 0. The molecule has 0 N–H and O–H groups in total. The van der Waals surface area contributed by atoms with Gasteiger partial charge in [0, 0.05) is 44.3 Å². The molecule has 9 nitrogen and oxygen atoms in total. The Hall–Kier alpha value is -3.50. The molecule has 39 heavy (non-hydrogen) atoms. The van der Waals surface area contributed by atoms with E-state index in [4.69, 9.17) is 4.74 Å². The number of amides is 1. The van der Waals surface area contributed by atoms with Crippen LogP contribution in [0.25, 0.3) is 10.9 Å². The Balaban J connectivity index is 1.50. The van der Waals surface area contributed by atoms with Crippen LogP contribution >= 0.6 is 0 Å². The number of hydrogen-bond donors (Lipinski definition) is 0. The molecular formula is C29H33N3O6S. The number of benzene rings is 2. The number of aryl methyl sites for hydroxylation is 1. The van der Waals surface area contributed by atoms with Gasteiger partial charge in [0.05, 0.1) is 22.9 Å². The molecule has 1 fully saturated rings. The molecule has 2 aromatic carbocycles. The van der Waals surface area contributed by atoms with Crippen molar-refractivity contribution in [1.82, 2.24) is 13.8 Å². The number of ether oxygens (including phenoxy) is 1. The number of rotatable bonds is 6. The van der Waals surface area contributed by atoms with Gasteiger partial charge in [-0.25, -0.2) is 8.42 Å². The first-order valence-electron chi connectivity index (χ1n) is 13.4. The number of fused-ring (bicyclic) bond motifs is 2. The Bertz CT molecular complexity index is 1600. The predicted octanol–water partition coefficient (Wildman–Crippen LogP) is 3.18. The van der Waals surface area contributed by atoms with Crippen LogP contribution in [-0.2, 0) is 39.1 Å². The first-order chi connectivity index (χ1) is 18.7. The molecule has 5 rings (SSSR count). The maximum Gasteiger partial charge on any atom is 0.310 e. The third-order valence-electron chi connectivity index (χ3n) is 7.68. The molecule has 1 amide bonds. The van der Waals surface area contributed by atoms with Crippen LogP contribution in [0.4, 0.5) is 0 Å². The van der Waals surface area contributed by atoms with E-state index >= 15 is 0 Å². The van der Waals surface area contributed by atoms with Crippen LogP contribution in [0.2, 0.25) is 0 Å². The van der Waals surface area contributed by atoms with E-state index in [9.17, 15) is 22.8 Å². The van der Waals surface area contributed by atoms with Gasteiger partial charge in [0.1, 0.15) is 5.56 Å². The third-order valence-corrected chi connectivity index (χ3v) is 9.53. The van der Waals surface area contributed by atoms with Gasteiger partial charge in [-0.2, -0.15) is 4.31 Å². The standard InChI is InChI=1S/C29H33N3O6S/c1-3-30-19-25(28(34)31-14-7-10-22(17-31)29(35)38-4-2)27(33)24-16-23(11-12-26(24)30)39(36,37)32-15-13-20-8-5-6-9-21(20)18-32/h5-6,8-9,11-12,16,19,22H,3-4,7,10,13-15,17-18H2,1-2H3/t22-/m0/s1. The van der Waals surface area contributed by atoms with E-state index in [-0.39, 0.29) is 41.5 Å². The molecular weight excluding hydrogens is 518 g/mol. The van der Waals surface area contributed by atoms with Crippen molar-refractivity contribution in [2.75, 3.05) is 26.2 Å². The topological polar surface area (TPSA) is 106 Å². The Morgan fingerprint density at radius 2 is 1.82 bits per heavy atom. The highest BCUT2D eigenvalue weighted by Crippen LogP contribution is 2.27. The lowest BCUT2D eigenvalue weighted by Crippen LogP contribution is -2.44. The van der Waals surface area contributed by atoms with Crippen molar-refractivity contribution in [2.45, 2.75) is 51.1 Å². The lowest BCUT2D eigenvalue weighted by molar-refractivity contribution is -0.149. The van der Waals surface area contributed by atoms with Crippen molar-refractivity contribution in [2.24, 2.45) is 5.92 Å². The molecule has 1 saturated heterocycles. The van der Waals surface area contributed by atoms with Crippen molar-refractivity contribution in [3.63, 3.8) is 0 Å². The summed E-state index contributed by atoms with van der Waals surface area (Å²) in [6.07, 6.45) is 3.41. The summed E-state index contributed by atoms with van der Waals surface area (Å²) in [6, 6.07) is 12.4. The van der Waals surface area contributed by atoms with E-state index in [0.717, 1.165) is 11.1 Å². The number of carbonyl (C=O) groups is 2. The van der Waals surface area contributed by atoms with Gasteiger partial charge in [0.15, 0.2) is 0 Å². The average molecular weight is 552 g/mol. The second-order valence-corrected chi connectivity index (χ2v) is 12.0. The van der Waals surface area contributed by atoms with Crippen molar-refractivity contribution in [3.8, 4) is 0 Å². The Kier molecular flexibility index (Phi) is 7.59. The van der Waals surface area contributed by atoms with Gasteiger partial charge in [-0.15, -0.1) is 0 Å². The number of esters is 1. The molecule has 0 radical (unpaired) electrons. The van der Waals surface area contributed by atoms with Crippen molar-refractivity contribution >= 4 is 32.8 Å². The minimum Gasteiger partial charge on any atom is -0.466 e. The maximum atomic E-state index is 13.7. The van der Waals surface area contributed by atoms with Gasteiger partial charge in [0.25, 0.3) is 5.91 Å². The van der Waals surface area contributed by atoms with Crippen LogP contribution in [0.1, 0.15) is 48.2 Å². The molecule has 0 unspecified atom stereocenters. The van der Waals surface area contributed by atoms with Gasteiger partial charge in [0.2, 0.25) is 15.5 Å². The van der Waals surface area contributed by atoms with Crippen LogP contribution < -0.4 is 5.43 Å². The largest absolute Gasteiger partial charge is 0.466 e. The number of piperidine rings is 1. The predicted molar refractivity (Wildman–Crippen MR) is 147 cm³/mol. The number of carbonyl (C=O) groups excluding carboxylic acids is 2. The fraction of sp³-hybridized carbons (Fsp3) is 0.414. The quantitative estimate of drug-likeness (QED) is 0.436. The Morgan fingerprint density at radius 1 is 1.05 bits per heavy atom. The smallest absolute Gasteiger partial charge is 0.310 e. The SMILES string of the molecule is CCOC(=O)[C@H]1CCCN(C(=O)c2cn(CC)c3ccc(S(=O)(=O)N4CCc5ccccc5C4)cc3c2=O)C1. The molecule has 3 heterocycles. The minimum absolute atomic E-state index is 0.0269. The molecule has 0 saturated carbocycles. The zero-order chi connectivity index (χ0) is 27.7. The first kappa shape index (κ1) is 27.1. The summed E-state index contributed by atoms with van der Waals surface area (Å²) in [5, 5.41) is 0.181. The number of nitrogens with zero attached hydrogens (tertiary/aromatic N) is 3. The van der Waals surface area contributed by atoms with Crippen molar-refractivity contribution < 1.29 is 22.7 Å². The lowest BCUT2D eigenvalue weighted by atomic mass is 9.97. The van der Waals surface area contributed by atoms with E-state index < -0.39 is 27.3 Å². The van der Waals surface area contributed by atoms with Gasteiger partial charge < -0.3 is 14.2 Å². The summed E-state index contributed by atoms with van der Waals surface area (Å²) in [4.78, 5) is 41.0. The summed E-state index contributed by atoms with van der Waals surface area (Å²) in [7, 11) is -3.87. The molecule has 2 aliphatic heterocycles. The minimum atomic E-state index is -3.87. The molecule has 1 aromatic heterocycles. The zero-order valence-electron chi connectivity index (χ0n) is 22.3. The summed E-state index contributed by atoms with van der Waals surface area (Å²) in [5.74, 6) is -1.23. The highest BCUT2D eigenvalue weighted by molar-refractivity contribution is 7.89. The van der Waals surface area contributed by atoms with E-state index in [1.807, 2.05) is 31.2 Å². The Morgan fingerprint density at radius 3 is 2.56 bits per heavy atom. The molecule has 3 aromatic rings. The average Bonchev–Trinajstić information content (AvgIpc) is 2.96. The fourth-order valence-corrected chi connectivity index (χ4v) is 7.01. The van der Waals surface area contributed by atoms with Crippen molar-refractivity contribution in [1.29, 1.82) is 0 Å². The van der Waals surface area contributed by atoms with Crippen LogP contribution in [0.3, 0.4) is 0 Å². The normalized spacial score (nSPS) is 18.1. The molecule has 2 aliphatic rings. The first-order valence-corrected chi connectivity index (χ1v) is 14.9. The van der Waals surface area contributed by atoms with E-state index in [0.29, 0.717) is 44.4 Å². The van der Waals surface area contributed by atoms with Crippen LogP contribution in [0.5, 0.6) is 0 Å². The highest BCUT2D eigenvalue weighted by Gasteiger charge is 2.32. The third kappa shape index (κ3) is 5.10. The number of aromatic nitrogens is 1. The Labute approximate surface area is 228 Å². The molecule has 10 heteroatoms. The van der Waals surface area contributed by atoms with E-state index in [2.05, 4.69) is 0 Å². The van der Waals surface area contributed by atoms with E-state index in [1.165, 1.54) is 27.5 Å². The number of hydrogen-bond acceptors (Lipinski definition) is 6. The molecule has 206 valence electrons. The monoisotopic (exact) mass is 551 g/mol. The van der Waals surface area contributed by atoms with E-state index in [1.54, 1.807) is 17.6 Å². The number of sulfonamides is 1. The van der Waals surface area contributed by atoms with Crippen molar-refractivity contribution in [3.05, 3.63) is 75.6 Å². The number of pyridine rings is 1. The van der Waals surface area contributed by atoms with Crippen LogP contribution in [0.15, 0.2) is 58.4 Å². The lowest BCUT2D eigenvalue weighted by Gasteiger charge is -2.31. The fourth-order valence-electron chi connectivity index (χ4n) is 5.56. The molecule has 1 atom stereocenters. The zero-order valence-corrected chi connectivity index (χ0v) is 23.1. The molecule has 0 bridgehead atoms. The maximum absolute atomic E-state index is 13.7. The second-order valence-electron chi connectivity index (χ2n) is 10.0. The molecule has 0 spiro atoms. The highest BCUT2D eigenvalue weighted by atomic mass is 32.2. The van der Waals surface area contributed by atoms with Crippen LogP contribution in [0, 0.1) is 5.92 Å². The van der Waals surface area contributed by atoms with Gasteiger partial charge >= 0.3 is 5.97 Å². The summed E-state index contributed by atoms with van der Waals surface area (Å²) < 4.78 is 35.6.